The number of amides is 1. The minimum absolute atomic E-state index is 0.0126. The average Bonchev–Trinajstić information content (AvgIpc) is 3.26. The molecule has 10 heteroatoms. The highest BCUT2D eigenvalue weighted by Crippen LogP contribution is 2.21. The smallest absolute Gasteiger partial charge is 0.337 e. The fourth-order valence-electron chi connectivity index (χ4n) is 3.01. The number of aromatic nitrogens is 6. The molecular formula is C17H17N7O3. The Hall–Kier alpha value is -3.56. The third-order valence-corrected chi connectivity index (χ3v) is 4.45. The Labute approximate surface area is 154 Å². The van der Waals surface area contributed by atoms with E-state index in [4.69, 9.17) is 5.11 Å². The molecule has 0 radical (unpaired) electrons. The monoisotopic (exact) mass is 367 g/mol. The van der Waals surface area contributed by atoms with Gasteiger partial charge in [0, 0.05) is 45.0 Å². The maximum absolute atomic E-state index is 12.3. The molecule has 0 spiro atoms. The number of carboxylic acid groups (broad SMARTS) is 1. The first kappa shape index (κ1) is 16.9. The summed E-state index contributed by atoms with van der Waals surface area (Å²) in [7, 11) is 1.78. The van der Waals surface area contributed by atoms with Crippen LogP contribution in [0.4, 0.5) is 0 Å². The molecule has 1 N–H and O–H groups in total. The number of rotatable bonds is 5. The Balaban J connectivity index is 1.34. The van der Waals surface area contributed by atoms with E-state index in [0.29, 0.717) is 42.5 Å². The van der Waals surface area contributed by atoms with Gasteiger partial charge < -0.3 is 10.0 Å². The number of carboxylic acids is 1. The summed E-state index contributed by atoms with van der Waals surface area (Å²) in [5, 5.41) is 21.1. The van der Waals surface area contributed by atoms with E-state index in [2.05, 4.69) is 20.4 Å². The summed E-state index contributed by atoms with van der Waals surface area (Å²) in [5.41, 5.74) is 1.86. The van der Waals surface area contributed by atoms with Gasteiger partial charge >= 0.3 is 5.97 Å². The Morgan fingerprint density at radius 3 is 2.59 bits per heavy atom. The van der Waals surface area contributed by atoms with Crippen molar-refractivity contribution in [3.05, 3.63) is 48.0 Å². The summed E-state index contributed by atoms with van der Waals surface area (Å²) >= 11 is 0. The number of carbonyl (C=O) groups excluding carboxylic acids is 1. The van der Waals surface area contributed by atoms with Crippen molar-refractivity contribution in [2.24, 2.45) is 13.0 Å². The fraction of sp³-hybridized carbons (Fsp3) is 0.294. The van der Waals surface area contributed by atoms with E-state index in [1.807, 2.05) is 0 Å². The van der Waals surface area contributed by atoms with Gasteiger partial charge in [-0.05, 0) is 12.1 Å². The van der Waals surface area contributed by atoms with Gasteiger partial charge in [-0.25, -0.2) is 4.79 Å². The van der Waals surface area contributed by atoms with Gasteiger partial charge in [-0.2, -0.15) is 5.10 Å². The zero-order valence-electron chi connectivity index (χ0n) is 14.6. The van der Waals surface area contributed by atoms with E-state index in [0.717, 1.165) is 0 Å². The molecule has 0 atom stereocenters. The number of pyridine rings is 1. The Kier molecular flexibility index (Phi) is 4.15. The largest absolute Gasteiger partial charge is 0.478 e. The summed E-state index contributed by atoms with van der Waals surface area (Å²) in [6, 6.07) is 3.09. The van der Waals surface area contributed by atoms with Gasteiger partial charge in [-0.1, -0.05) is 5.21 Å². The number of carbonyl (C=O) groups is 2. The highest BCUT2D eigenvalue weighted by molar-refractivity contribution is 5.94. The van der Waals surface area contributed by atoms with Gasteiger partial charge in [-0.15, -0.1) is 5.10 Å². The third-order valence-electron chi connectivity index (χ3n) is 4.45. The van der Waals surface area contributed by atoms with Crippen molar-refractivity contribution < 1.29 is 14.7 Å². The summed E-state index contributed by atoms with van der Waals surface area (Å²) in [5.74, 6) is -0.725. The SMILES string of the molecule is Cn1cc(C(=O)N2CC(Cn3cc(-c4ccc(C(=O)O)cn4)nn3)C2)cn1. The second-order valence-electron chi connectivity index (χ2n) is 6.54. The molecule has 3 aromatic rings. The van der Waals surface area contributed by atoms with Gasteiger partial charge in [0.05, 0.1) is 29.2 Å². The zero-order chi connectivity index (χ0) is 19.0. The molecule has 0 saturated carbocycles. The Morgan fingerprint density at radius 2 is 1.96 bits per heavy atom. The first-order chi connectivity index (χ1) is 13.0. The van der Waals surface area contributed by atoms with E-state index in [9.17, 15) is 9.59 Å². The van der Waals surface area contributed by atoms with E-state index >= 15 is 0 Å². The molecule has 1 fully saturated rings. The van der Waals surface area contributed by atoms with Gasteiger partial charge in [0.25, 0.3) is 5.91 Å². The van der Waals surface area contributed by atoms with Crippen LogP contribution in [-0.2, 0) is 13.6 Å². The van der Waals surface area contributed by atoms with Crippen LogP contribution in [0.2, 0.25) is 0 Å². The van der Waals surface area contributed by atoms with Crippen LogP contribution < -0.4 is 0 Å². The van der Waals surface area contributed by atoms with Crippen molar-refractivity contribution in [3.8, 4) is 11.4 Å². The molecule has 3 aromatic heterocycles. The van der Waals surface area contributed by atoms with Crippen molar-refractivity contribution >= 4 is 11.9 Å². The number of hydrogen-bond donors (Lipinski definition) is 1. The molecule has 0 bridgehead atoms. The lowest BCUT2D eigenvalue weighted by Crippen LogP contribution is -2.51. The maximum atomic E-state index is 12.3. The van der Waals surface area contributed by atoms with E-state index in [-0.39, 0.29) is 11.5 Å². The summed E-state index contributed by atoms with van der Waals surface area (Å²) in [6.07, 6.45) is 6.35. The number of aryl methyl sites for hydroxylation is 1. The predicted molar refractivity (Wildman–Crippen MR) is 92.8 cm³/mol. The second kappa shape index (κ2) is 6.63. The molecule has 4 heterocycles. The van der Waals surface area contributed by atoms with Crippen LogP contribution in [0, 0.1) is 5.92 Å². The van der Waals surface area contributed by atoms with Crippen molar-refractivity contribution in [2.45, 2.75) is 6.54 Å². The maximum Gasteiger partial charge on any atom is 0.337 e. The Morgan fingerprint density at radius 1 is 1.15 bits per heavy atom. The van der Waals surface area contributed by atoms with Crippen molar-refractivity contribution in [3.63, 3.8) is 0 Å². The summed E-state index contributed by atoms with van der Waals surface area (Å²) in [6.45, 7) is 1.97. The molecule has 138 valence electrons. The molecular weight excluding hydrogens is 350 g/mol. The highest BCUT2D eigenvalue weighted by atomic mass is 16.4. The number of nitrogens with zero attached hydrogens (tertiary/aromatic N) is 7. The topological polar surface area (TPSA) is 119 Å². The number of hydrogen-bond acceptors (Lipinski definition) is 6. The minimum atomic E-state index is -1.02. The van der Waals surface area contributed by atoms with Crippen molar-refractivity contribution in [1.82, 2.24) is 34.7 Å². The van der Waals surface area contributed by atoms with Crippen LogP contribution in [0.5, 0.6) is 0 Å². The van der Waals surface area contributed by atoms with Gasteiger partial charge in [0.2, 0.25) is 0 Å². The van der Waals surface area contributed by atoms with Crippen LogP contribution in [0.15, 0.2) is 36.9 Å². The van der Waals surface area contributed by atoms with Gasteiger partial charge in [-0.3, -0.25) is 19.1 Å². The molecule has 1 amide bonds. The van der Waals surface area contributed by atoms with Crippen LogP contribution in [0.1, 0.15) is 20.7 Å². The zero-order valence-corrected chi connectivity index (χ0v) is 14.6. The normalized spacial score (nSPS) is 14.2. The van der Waals surface area contributed by atoms with Crippen LogP contribution in [-0.4, -0.2) is 64.7 Å². The fourth-order valence-corrected chi connectivity index (χ4v) is 3.01. The van der Waals surface area contributed by atoms with Crippen LogP contribution >= 0.6 is 0 Å². The lowest BCUT2D eigenvalue weighted by Gasteiger charge is -2.38. The average molecular weight is 367 g/mol. The van der Waals surface area contributed by atoms with Crippen LogP contribution in [0.25, 0.3) is 11.4 Å². The molecule has 1 aliphatic rings. The van der Waals surface area contributed by atoms with Crippen molar-refractivity contribution in [2.75, 3.05) is 13.1 Å². The quantitative estimate of drug-likeness (QED) is 0.699. The van der Waals surface area contributed by atoms with Crippen LogP contribution in [0.3, 0.4) is 0 Å². The number of aromatic carboxylic acids is 1. The van der Waals surface area contributed by atoms with Crippen molar-refractivity contribution in [1.29, 1.82) is 0 Å². The third kappa shape index (κ3) is 3.41. The molecule has 1 saturated heterocycles. The minimum Gasteiger partial charge on any atom is -0.478 e. The highest BCUT2D eigenvalue weighted by Gasteiger charge is 2.32. The Bertz CT molecular complexity index is 986. The van der Waals surface area contributed by atoms with Gasteiger partial charge in [0.15, 0.2) is 0 Å². The molecule has 27 heavy (non-hydrogen) atoms. The first-order valence-electron chi connectivity index (χ1n) is 8.37. The van der Waals surface area contributed by atoms with Gasteiger partial charge in [0.1, 0.15) is 5.69 Å². The predicted octanol–water partition coefficient (Wildman–Crippen LogP) is 0.544. The van der Waals surface area contributed by atoms with E-state index in [1.54, 1.807) is 46.0 Å². The first-order valence-corrected chi connectivity index (χ1v) is 8.37. The van der Waals surface area contributed by atoms with E-state index < -0.39 is 5.97 Å². The lowest BCUT2D eigenvalue weighted by atomic mass is 9.99. The molecule has 0 aromatic carbocycles. The second-order valence-corrected chi connectivity index (χ2v) is 6.54. The number of likely N-dealkylation sites (tertiary alicyclic amines) is 1. The summed E-state index contributed by atoms with van der Waals surface area (Å²) in [4.78, 5) is 29.1. The molecule has 0 aliphatic carbocycles. The molecule has 4 rings (SSSR count). The van der Waals surface area contributed by atoms with E-state index in [1.165, 1.54) is 12.3 Å². The molecule has 0 unspecified atom stereocenters. The summed E-state index contributed by atoms with van der Waals surface area (Å²) < 4.78 is 3.33. The molecule has 10 nitrogen and oxygen atoms in total. The lowest BCUT2D eigenvalue weighted by molar-refractivity contribution is 0.0460. The molecule has 1 aliphatic heterocycles. The standard InChI is InChI=1S/C17H17N7O3/c1-22-9-13(5-19-22)16(25)23-6-11(7-23)8-24-10-15(20-21-24)14-3-2-12(4-18-14)17(26)27/h2-5,9-11H,6-8H2,1H3,(H,26,27).